The van der Waals surface area contributed by atoms with Gasteiger partial charge in [-0.05, 0) is 43.2 Å². The van der Waals surface area contributed by atoms with Crippen molar-refractivity contribution >= 4 is 35.1 Å². The highest BCUT2D eigenvalue weighted by Gasteiger charge is 2.33. The van der Waals surface area contributed by atoms with Crippen molar-refractivity contribution in [1.82, 2.24) is 4.98 Å². The first kappa shape index (κ1) is 20.6. The number of amides is 1. The minimum Gasteiger partial charge on any atom is -0.378 e. The van der Waals surface area contributed by atoms with E-state index in [9.17, 15) is 20.1 Å². The Morgan fingerprint density at radius 2 is 2.00 bits per heavy atom. The van der Waals surface area contributed by atoms with Crippen LogP contribution in [-0.2, 0) is 10.4 Å². The minimum absolute atomic E-state index is 0.00665. The quantitative estimate of drug-likeness (QED) is 0.452. The molecule has 2 atom stereocenters. The van der Waals surface area contributed by atoms with E-state index in [-0.39, 0.29) is 10.9 Å². The summed E-state index contributed by atoms with van der Waals surface area (Å²) in [4.78, 5) is 16.1. The van der Waals surface area contributed by atoms with Gasteiger partial charge in [-0.15, -0.1) is 0 Å². The van der Waals surface area contributed by atoms with Gasteiger partial charge in [0.2, 0.25) is 5.91 Å². The fourth-order valence-electron chi connectivity index (χ4n) is 2.75. The third kappa shape index (κ3) is 4.31. The molecule has 7 nitrogen and oxygen atoms in total. The molecular formula is C19H20ClN3O4S. The molecule has 1 aliphatic rings. The number of primary amides is 1. The maximum atomic E-state index is 11.9. The molecule has 1 aromatic carbocycles. The van der Waals surface area contributed by atoms with Gasteiger partial charge in [0.05, 0.1) is 10.7 Å². The predicted molar refractivity (Wildman–Crippen MR) is 108 cm³/mol. The molecule has 1 aromatic heterocycles. The van der Waals surface area contributed by atoms with E-state index in [1.165, 1.54) is 24.8 Å². The Morgan fingerprint density at radius 3 is 2.61 bits per heavy atom. The van der Waals surface area contributed by atoms with Crippen molar-refractivity contribution < 1.29 is 20.1 Å². The molecule has 9 heteroatoms. The summed E-state index contributed by atoms with van der Waals surface area (Å²) in [6, 6.07) is 12.1. The van der Waals surface area contributed by atoms with Crippen molar-refractivity contribution in [3.05, 3.63) is 69.3 Å². The van der Waals surface area contributed by atoms with Crippen LogP contribution in [-0.4, -0.2) is 32.5 Å². The van der Waals surface area contributed by atoms with Gasteiger partial charge < -0.3 is 26.4 Å². The van der Waals surface area contributed by atoms with E-state index in [1.807, 2.05) is 12.1 Å². The van der Waals surface area contributed by atoms with Crippen LogP contribution in [0.15, 0.2) is 53.1 Å². The molecule has 2 aromatic rings. The number of nitrogens with one attached hydrogen (secondary N) is 1. The monoisotopic (exact) mass is 421 g/mol. The molecule has 0 saturated carbocycles. The molecule has 148 valence electrons. The summed E-state index contributed by atoms with van der Waals surface area (Å²) >= 11 is 7.38. The second-order valence-electron chi connectivity index (χ2n) is 6.59. The highest BCUT2D eigenvalue weighted by Crippen LogP contribution is 2.47. The zero-order valence-electron chi connectivity index (χ0n) is 15.0. The Labute approximate surface area is 171 Å². The standard InChI is InChI=1S/C19H20ClN3O4S/c1-19(27,18(25)26)14-3-2-4-15(22-14)23-17-12(16(21)24)9-13(28-17)10-5-7-11(20)8-6-10/h2-8,13,18,25-27H,9H2,1H3,(H2,21,24)(H,22,23)/t13?,19-/m0/s1. The van der Waals surface area contributed by atoms with Crippen LogP contribution < -0.4 is 11.1 Å². The summed E-state index contributed by atoms with van der Waals surface area (Å²) in [6.45, 7) is 1.25. The summed E-state index contributed by atoms with van der Waals surface area (Å²) < 4.78 is 0. The van der Waals surface area contributed by atoms with Crippen LogP contribution in [0.2, 0.25) is 5.02 Å². The lowest BCUT2D eigenvalue weighted by Gasteiger charge is -2.25. The van der Waals surface area contributed by atoms with Gasteiger partial charge in [0.25, 0.3) is 0 Å². The number of benzene rings is 1. The fourth-order valence-corrected chi connectivity index (χ4v) is 4.19. The maximum Gasteiger partial charge on any atom is 0.247 e. The average molecular weight is 422 g/mol. The van der Waals surface area contributed by atoms with Crippen LogP contribution in [0.4, 0.5) is 5.82 Å². The molecule has 6 N–H and O–H groups in total. The van der Waals surface area contributed by atoms with Gasteiger partial charge in [0.1, 0.15) is 5.82 Å². The zero-order chi connectivity index (χ0) is 20.5. The lowest BCUT2D eigenvalue weighted by molar-refractivity contribution is -0.182. The van der Waals surface area contributed by atoms with E-state index in [1.54, 1.807) is 24.3 Å². The van der Waals surface area contributed by atoms with Crippen LogP contribution in [0.5, 0.6) is 0 Å². The third-order valence-electron chi connectivity index (χ3n) is 4.47. The minimum atomic E-state index is -1.99. The molecule has 0 spiro atoms. The number of nitrogens with two attached hydrogens (primary N) is 1. The van der Waals surface area contributed by atoms with E-state index in [0.717, 1.165) is 5.56 Å². The molecule has 1 aliphatic heterocycles. The van der Waals surface area contributed by atoms with Gasteiger partial charge >= 0.3 is 0 Å². The van der Waals surface area contributed by atoms with Gasteiger partial charge in [-0.3, -0.25) is 4.79 Å². The number of aromatic nitrogens is 1. The Morgan fingerprint density at radius 1 is 1.32 bits per heavy atom. The van der Waals surface area contributed by atoms with Crippen molar-refractivity contribution in [2.75, 3.05) is 5.32 Å². The number of anilines is 1. The van der Waals surface area contributed by atoms with Crippen molar-refractivity contribution in [2.45, 2.75) is 30.5 Å². The molecule has 0 saturated heterocycles. The molecule has 28 heavy (non-hydrogen) atoms. The van der Waals surface area contributed by atoms with Gasteiger partial charge in [-0.2, -0.15) is 0 Å². The summed E-state index contributed by atoms with van der Waals surface area (Å²) in [6.07, 6.45) is -1.54. The SMILES string of the molecule is C[C@](O)(c1cccc(NC2=C(C(N)=O)CC(c3ccc(Cl)cc3)S2)n1)C(O)O. The zero-order valence-corrected chi connectivity index (χ0v) is 16.5. The summed E-state index contributed by atoms with van der Waals surface area (Å²) in [5, 5.41) is 33.2. The number of carbonyl (C=O) groups excluding carboxylic acids is 1. The third-order valence-corrected chi connectivity index (χ3v) is 6.03. The summed E-state index contributed by atoms with van der Waals surface area (Å²) in [7, 11) is 0. The lowest BCUT2D eigenvalue weighted by atomic mass is 10.0. The topological polar surface area (TPSA) is 129 Å². The molecule has 0 radical (unpaired) electrons. The van der Waals surface area contributed by atoms with E-state index in [4.69, 9.17) is 17.3 Å². The fraction of sp³-hybridized carbons (Fsp3) is 0.263. The van der Waals surface area contributed by atoms with Gasteiger partial charge in [-0.1, -0.05) is 41.6 Å². The highest BCUT2D eigenvalue weighted by molar-refractivity contribution is 8.03. The maximum absolute atomic E-state index is 11.9. The van der Waals surface area contributed by atoms with E-state index in [2.05, 4.69) is 10.3 Å². The lowest BCUT2D eigenvalue weighted by Crippen LogP contribution is -2.37. The number of pyridine rings is 1. The van der Waals surface area contributed by atoms with Crippen molar-refractivity contribution in [1.29, 1.82) is 0 Å². The molecule has 0 aliphatic carbocycles. The number of hydrogen-bond acceptors (Lipinski definition) is 7. The number of thioether (sulfide) groups is 1. The molecule has 1 unspecified atom stereocenters. The molecule has 1 amide bonds. The molecule has 3 rings (SSSR count). The van der Waals surface area contributed by atoms with Crippen LogP contribution in [0.3, 0.4) is 0 Å². The van der Waals surface area contributed by atoms with E-state index < -0.39 is 17.8 Å². The van der Waals surface area contributed by atoms with Crippen molar-refractivity contribution in [3.63, 3.8) is 0 Å². The molecular weight excluding hydrogens is 402 g/mol. The molecule has 0 bridgehead atoms. The summed E-state index contributed by atoms with van der Waals surface area (Å²) in [5.74, 6) is -0.183. The number of nitrogens with zero attached hydrogens (tertiary/aromatic N) is 1. The second kappa shape index (κ2) is 8.10. The number of halogens is 1. The largest absolute Gasteiger partial charge is 0.378 e. The first-order valence-corrected chi connectivity index (χ1v) is 9.72. The van der Waals surface area contributed by atoms with Crippen LogP contribution >= 0.6 is 23.4 Å². The molecule has 0 fully saturated rings. The predicted octanol–water partition coefficient (Wildman–Crippen LogP) is 2.24. The summed E-state index contributed by atoms with van der Waals surface area (Å²) in [5.41, 5.74) is 5.15. The Kier molecular flexibility index (Phi) is 5.97. The van der Waals surface area contributed by atoms with Gasteiger partial charge in [-0.25, -0.2) is 4.98 Å². The number of carbonyl (C=O) groups is 1. The second-order valence-corrected chi connectivity index (χ2v) is 8.24. The van der Waals surface area contributed by atoms with Crippen LogP contribution in [0, 0.1) is 0 Å². The Hall–Kier alpha value is -2.10. The van der Waals surface area contributed by atoms with E-state index in [0.29, 0.717) is 27.9 Å². The first-order chi connectivity index (χ1) is 13.2. The van der Waals surface area contributed by atoms with E-state index >= 15 is 0 Å². The number of aliphatic hydroxyl groups is 3. The number of hydrogen-bond donors (Lipinski definition) is 5. The molecule has 2 heterocycles. The smallest absolute Gasteiger partial charge is 0.247 e. The highest BCUT2D eigenvalue weighted by atomic mass is 35.5. The number of rotatable bonds is 6. The van der Waals surface area contributed by atoms with Crippen LogP contribution in [0.1, 0.15) is 29.9 Å². The first-order valence-electron chi connectivity index (χ1n) is 8.46. The Bertz CT molecular complexity index is 916. The normalized spacial score (nSPS) is 19.0. The van der Waals surface area contributed by atoms with Crippen molar-refractivity contribution in [3.8, 4) is 0 Å². The number of aliphatic hydroxyl groups excluding tert-OH is 1. The average Bonchev–Trinajstić information content (AvgIpc) is 3.06. The van der Waals surface area contributed by atoms with Gasteiger partial charge in [0.15, 0.2) is 11.9 Å². The van der Waals surface area contributed by atoms with Gasteiger partial charge in [0, 0.05) is 15.8 Å². The van der Waals surface area contributed by atoms with Crippen molar-refractivity contribution in [2.24, 2.45) is 5.73 Å². The van der Waals surface area contributed by atoms with Crippen LogP contribution in [0.25, 0.3) is 0 Å². The Balaban J connectivity index is 1.85.